The Balaban J connectivity index is 1.43. The number of aromatic nitrogens is 1. The van der Waals surface area contributed by atoms with Gasteiger partial charge >= 0.3 is 12.1 Å². The molecular weight excluding hydrogens is 478 g/mol. The summed E-state index contributed by atoms with van der Waals surface area (Å²) in [5.41, 5.74) is 1.36. The number of anilines is 2. The van der Waals surface area contributed by atoms with Gasteiger partial charge in [-0.1, -0.05) is 6.07 Å². The van der Waals surface area contributed by atoms with Crippen LogP contribution in [0.5, 0.6) is 28.7 Å². The fourth-order valence-corrected chi connectivity index (χ4v) is 3.43. The lowest BCUT2D eigenvalue weighted by atomic mass is 10.2. The minimum atomic E-state index is -0.876. The minimum Gasteiger partial charge on any atom is -0.506 e. The zero-order valence-electron chi connectivity index (χ0n) is 19.7. The Morgan fingerprint density at radius 2 is 1.68 bits per heavy atom. The van der Waals surface area contributed by atoms with Gasteiger partial charge in [-0.3, -0.25) is 10.3 Å². The number of hydrogen-bond acceptors (Lipinski definition) is 8. The second-order valence-corrected chi connectivity index (χ2v) is 7.54. The number of hydrogen-bond donors (Lipinski definition) is 4. The molecule has 4 amide bonds. The number of amides is 4. The summed E-state index contributed by atoms with van der Waals surface area (Å²) in [5, 5.41) is 26.9. The summed E-state index contributed by atoms with van der Waals surface area (Å²) in [7, 11) is 3.06. The summed E-state index contributed by atoms with van der Waals surface area (Å²) in [4.78, 5) is 28.6. The highest BCUT2D eigenvalue weighted by molar-refractivity contribution is 6.05. The Hall–Kier alpha value is -5.50. The van der Waals surface area contributed by atoms with Crippen molar-refractivity contribution in [2.45, 2.75) is 0 Å². The number of benzene rings is 3. The molecule has 0 unspecified atom stereocenters. The topological polar surface area (TPSA) is 155 Å². The number of ether oxygens (including phenoxy) is 3. The number of methoxy groups -OCH3 is 2. The highest BCUT2D eigenvalue weighted by Gasteiger charge is 2.14. The van der Waals surface area contributed by atoms with Crippen molar-refractivity contribution < 1.29 is 28.9 Å². The number of carbonyl (C=O) groups excluding carboxylic acids is 2. The number of nitrogens with zero attached hydrogens (tertiary/aromatic N) is 2. The molecule has 0 bridgehead atoms. The van der Waals surface area contributed by atoms with Crippen LogP contribution >= 0.6 is 0 Å². The number of carbonyl (C=O) groups is 2. The summed E-state index contributed by atoms with van der Waals surface area (Å²) in [5.74, 6) is 1.49. The van der Waals surface area contributed by atoms with Gasteiger partial charge in [-0.05, 0) is 42.5 Å². The quantitative estimate of drug-likeness (QED) is 0.271. The van der Waals surface area contributed by atoms with E-state index in [-0.39, 0.29) is 11.4 Å². The molecule has 0 saturated carbocycles. The van der Waals surface area contributed by atoms with E-state index in [4.69, 9.17) is 19.5 Å². The van der Waals surface area contributed by atoms with Crippen molar-refractivity contribution in [2.24, 2.45) is 0 Å². The third-order valence-corrected chi connectivity index (χ3v) is 5.13. The average Bonchev–Trinajstić information content (AvgIpc) is 2.89. The number of urea groups is 2. The molecule has 4 N–H and O–H groups in total. The van der Waals surface area contributed by atoms with Gasteiger partial charge in [-0.2, -0.15) is 5.26 Å². The molecule has 0 aliphatic heterocycles. The maximum Gasteiger partial charge on any atom is 0.327 e. The molecule has 3 aromatic carbocycles. The summed E-state index contributed by atoms with van der Waals surface area (Å²) < 4.78 is 16.6. The second-order valence-electron chi connectivity index (χ2n) is 7.54. The van der Waals surface area contributed by atoms with Gasteiger partial charge < -0.3 is 30.0 Å². The van der Waals surface area contributed by atoms with E-state index in [0.717, 1.165) is 0 Å². The van der Waals surface area contributed by atoms with Gasteiger partial charge in [0.1, 0.15) is 17.2 Å². The first-order chi connectivity index (χ1) is 17.9. The van der Waals surface area contributed by atoms with Crippen molar-refractivity contribution in [1.82, 2.24) is 10.3 Å². The van der Waals surface area contributed by atoms with E-state index in [1.165, 1.54) is 38.5 Å². The number of pyridine rings is 1. The Morgan fingerprint density at radius 1 is 0.919 bits per heavy atom. The monoisotopic (exact) mass is 499 g/mol. The van der Waals surface area contributed by atoms with Crippen molar-refractivity contribution >= 4 is 34.3 Å². The molecule has 4 rings (SSSR count). The fourth-order valence-electron chi connectivity index (χ4n) is 3.43. The zero-order valence-corrected chi connectivity index (χ0v) is 19.7. The lowest BCUT2D eigenvalue weighted by molar-refractivity contribution is 0.240. The number of fused-ring (bicyclic) bond motifs is 1. The first-order valence-corrected chi connectivity index (χ1v) is 10.8. The van der Waals surface area contributed by atoms with Crippen LogP contribution in [0, 0.1) is 11.3 Å². The van der Waals surface area contributed by atoms with E-state index in [1.54, 1.807) is 42.6 Å². The molecule has 37 heavy (non-hydrogen) atoms. The van der Waals surface area contributed by atoms with Crippen molar-refractivity contribution in [2.75, 3.05) is 24.9 Å². The molecule has 0 aliphatic carbocycles. The minimum absolute atomic E-state index is 0.0510. The molecule has 0 spiro atoms. The lowest BCUT2D eigenvalue weighted by Crippen LogP contribution is -2.37. The number of phenolic OH excluding ortho intramolecular Hbond substituents is 1. The molecule has 0 aliphatic rings. The highest BCUT2D eigenvalue weighted by atomic mass is 16.5. The van der Waals surface area contributed by atoms with Crippen LogP contribution in [0.3, 0.4) is 0 Å². The van der Waals surface area contributed by atoms with Gasteiger partial charge in [0.2, 0.25) is 0 Å². The summed E-state index contributed by atoms with van der Waals surface area (Å²) in [6.07, 6.45) is 1.57. The summed E-state index contributed by atoms with van der Waals surface area (Å²) in [6, 6.07) is 15.9. The largest absolute Gasteiger partial charge is 0.506 e. The standard InChI is InChI=1S/C26H21N5O6/c1-35-23-12-18-20(13-24(23)36-2)28-9-8-22(18)37-17-6-7-19(21(32)11-17)30-26(34)31-25(33)29-16-5-3-4-15(10-16)14-27/h3-13,32H,1-2H3,(H3,29,30,31,33,34). The van der Waals surface area contributed by atoms with E-state index in [0.29, 0.717) is 45.2 Å². The van der Waals surface area contributed by atoms with E-state index >= 15 is 0 Å². The maximum atomic E-state index is 12.2. The fraction of sp³-hybridized carbons (Fsp3) is 0.0769. The third kappa shape index (κ3) is 5.77. The predicted octanol–water partition coefficient (Wildman–Crippen LogP) is 4.98. The number of imide groups is 1. The van der Waals surface area contributed by atoms with Crippen molar-refractivity contribution in [1.29, 1.82) is 5.26 Å². The van der Waals surface area contributed by atoms with E-state index < -0.39 is 12.1 Å². The summed E-state index contributed by atoms with van der Waals surface area (Å²) in [6.45, 7) is 0. The van der Waals surface area contributed by atoms with Crippen molar-refractivity contribution in [3.05, 3.63) is 72.4 Å². The molecule has 0 fully saturated rings. The van der Waals surface area contributed by atoms with Gasteiger partial charge in [0.25, 0.3) is 0 Å². The molecule has 11 heteroatoms. The molecule has 0 atom stereocenters. The summed E-state index contributed by atoms with van der Waals surface area (Å²) >= 11 is 0. The molecule has 0 saturated heterocycles. The van der Waals surface area contributed by atoms with E-state index in [2.05, 4.69) is 20.9 Å². The Bertz CT molecular complexity index is 1530. The maximum absolute atomic E-state index is 12.2. The predicted molar refractivity (Wildman–Crippen MR) is 135 cm³/mol. The molecule has 186 valence electrons. The van der Waals surface area contributed by atoms with E-state index in [1.807, 2.05) is 6.07 Å². The number of aromatic hydroxyl groups is 1. The number of rotatable bonds is 6. The SMILES string of the molecule is COc1cc2nccc(Oc3ccc(NC(=O)NC(=O)Nc4cccc(C#N)c4)c(O)c3)c2cc1OC. The Kier molecular flexibility index (Phi) is 7.21. The van der Waals surface area contributed by atoms with Gasteiger partial charge in [0.05, 0.1) is 37.1 Å². The van der Waals surface area contributed by atoms with E-state index in [9.17, 15) is 14.7 Å². The second kappa shape index (κ2) is 10.8. The Labute approximate surface area is 211 Å². The molecular formula is C26H21N5O6. The number of nitrogens with one attached hydrogen (secondary N) is 3. The zero-order chi connectivity index (χ0) is 26.4. The van der Waals surface area contributed by atoms with Gasteiger partial charge in [0, 0.05) is 29.4 Å². The molecule has 1 aromatic heterocycles. The van der Waals surface area contributed by atoms with Crippen LogP contribution in [0.1, 0.15) is 5.56 Å². The van der Waals surface area contributed by atoms with Crippen LogP contribution in [-0.2, 0) is 0 Å². The highest BCUT2D eigenvalue weighted by Crippen LogP contribution is 2.38. The molecule has 11 nitrogen and oxygen atoms in total. The van der Waals surface area contributed by atoms with Crippen LogP contribution in [-0.4, -0.2) is 36.4 Å². The van der Waals surface area contributed by atoms with Gasteiger partial charge in [0.15, 0.2) is 11.5 Å². The molecule has 0 radical (unpaired) electrons. The first kappa shape index (κ1) is 24.6. The first-order valence-electron chi connectivity index (χ1n) is 10.8. The van der Waals surface area contributed by atoms with Gasteiger partial charge in [-0.15, -0.1) is 0 Å². The van der Waals surface area contributed by atoms with Crippen LogP contribution in [0.25, 0.3) is 10.9 Å². The molecule has 4 aromatic rings. The normalized spacial score (nSPS) is 10.2. The third-order valence-electron chi connectivity index (χ3n) is 5.13. The van der Waals surface area contributed by atoms with Gasteiger partial charge in [-0.25, -0.2) is 9.59 Å². The van der Waals surface area contributed by atoms with Crippen LogP contribution < -0.4 is 30.2 Å². The Morgan fingerprint density at radius 3 is 2.41 bits per heavy atom. The lowest BCUT2D eigenvalue weighted by Gasteiger charge is -2.13. The van der Waals surface area contributed by atoms with Crippen molar-refractivity contribution in [3.63, 3.8) is 0 Å². The smallest absolute Gasteiger partial charge is 0.327 e. The number of nitriles is 1. The van der Waals surface area contributed by atoms with Crippen molar-refractivity contribution in [3.8, 4) is 34.8 Å². The number of phenols is 1. The van der Waals surface area contributed by atoms with Crippen LogP contribution in [0.2, 0.25) is 0 Å². The van der Waals surface area contributed by atoms with Crippen LogP contribution in [0.15, 0.2) is 66.9 Å². The molecule has 1 heterocycles. The average molecular weight is 499 g/mol. The van der Waals surface area contributed by atoms with Crippen LogP contribution in [0.4, 0.5) is 21.0 Å².